The van der Waals surface area contributed by atoms with Crippen LogP contribution in [-0.2, 0) is 6.54 Å². The van der Waals surface area contributed by atoms with E-state index in [0.717, 1.165) is 42.8 Å². The molecule has 0 amide bonds. The van der Waals surface area contributed by atoms with Crippen molar-refractivity contribution in [2.75, 3.05) is 31.1 Å². The normalized spacial score (nSPS) is 15.4. The highest BCUT2D eigenvalue weighted by molar-refractivity contribution is 9.10. The summed E-state index contributed by atoms with van der Waals surface area (Å²) in [6.45, 7) is 7.20. The van der Waals surface area contributed by atoms with Gasteiger partial charge in [0.2, 0.25) is 5.82 Å². The van der Waals surface area contributed by atoms with E-state index in [-0.39, 0.29) is 0 Å². The number of aromatic nitrogens is 2. The fraction of sp³-hybridized carbons (Fsp3) is 0.300. The van der Waals surface area contributed by atoms with Gasteiger partial charge in [-0.3, -0.25) is 0 Å². The molecule has 1 N–H and O–H groups in total. The number of hydrogen-bond acceptors (Lipinski definition) is 4. The Kier molecular flexibility index (Phi) is 5.04. The third kappa shape index (κ3) is 3.81. The Morgan fingerprint density at radius 2 is 1.92 bits per heavy atom. The number of halogens is 1. The van der Waals surface area contributed by atoms with Crippen molar-refractivity contribution in [1.82, 2.24) is 10.1 Å². The molecule has 1 aliphatic rings. The maximum absolute atomic E-state index is 5.48. The summed E-state index contributed by atoms with van der Waals surface area (Å²) >= 11 is 3.48. The molecule has 1 aliphatic heterocycles. The van der Waals surface area contributed by atoms with Crippen molar-refractivity contribution < 1.29 is 9.42 Å². The topological polar surface area (TPSA) is 46.6 Å². The van der Waals surface area contributed by atoms with Crippen LogP contribution >= 0.6 is 15.9 Å². The standard InChI is InChI=1S/C20H21BrN4O/c1-15-5-2-3-8-18(15)25-11-9-24(10-12-25)14-19-22-20(23-26-19)16-6-4-7-17(21)13-16/h2-8,13H,9-12,14H2,1H3/p+1. The average Bonchev–Trinajstić information content (AvgIpc) is 3.12. The Morgan fingerprint density at radius 3 is 2.69 bits per heavy atom. The summed E-state index contributed by atoms with van der Waals surface area (Å²) in [6.07, 6.45) is 0. The first-order chi connectivity index (χ1) is 12.7. The van der Waals surface area contributed by atoms with E-state index in [1.54, 1.807) is 0 Å². The highest BCUT2D eigenvalue weighted by atomic mass is 79.9. The van der Waals surface area contributed by atoms with Crippen molar-refractivity contribution in [3.8, 4) is 11.4 Å². The van der Waals surface area contributed by atoms with Crippen molar-refractivity contribution >= 4 is 21.6 Å². The fourth-order valence-corrected chi connectivity index (χ4v) is 3.84. The van der Waals surface area contributed by atoms with Crippen molar-refractivity contribution in [2.24, 2.45) is 0 Å². The Labute approximate surface area is 161 Å². The molecule has 0 bridgehead atoms. The van der Waals surface area contributed by atoms with Crippen molar-refractivity contribution in [3.63, 3.8) is 0 Å². The van der Waals surface area contributed by atoms with Crippen LogP contribution in [0.1, 0.15) is 11.5 Å². The minimum absolute atomic E-state index is 0.652. The molecular weight excluding hydrogens is 392 g/mol. The van der Waals surface area contributed by atoms with Crippen LogP contribution in [0.25, 0.3) is 11.4 Å². The van der Waals surface area contributed by atoms with E-state index in [9.17, 15) is 0 Å². The van der Waals surface area contributed by atoms with Gasteiger partial charge in [0.25, 0.3) is 5.89 Å². The number of aryl methyl sites for hydroxylation is 1. The van der Waals surface area contributed by atoms with Gasteiger partial charge in [-0.15, -0.1) is 0 Å². The van der Waals surface area contributed by atoms with E-state index in [1.807, 2.05) is 24.3 Å². The van der Waals surface area contributed by atoms with Crippen LogP contribution in [0.5, 0.6) is 0 Å². The van der Waals surface area contributed by atoms with Gasteiger partial charge in [-0.05, 0) is 30.7 Å². The first-order valence-electron chi connectivity index (χ1n) is 8.92. The summed E-state index contributed by atoms with van der Waals surface area (Å²) < 4.78 is 6.49. The van der Waals surface area contributed by atoms with Gasteiger partial charge in [0.05, 0.1) is 26.2 Å². The van der Waals surface area contributed by atoms with Gasteiger partial charge in [0.1, 0.15) is 0 Å². The summed E-state index contributed by atoms with van der Waals surface area (Å²) in [6, 6.07) is 16.6. The fourth-order valence-electron chi connectivity index (χ4n) is 3.44. The second-order valence-corrected chi connectivity index (χ2v) is 7.64. The number of para-hydroxylation sites is 1. The lowest BCUT2D eigenvalue weighted by atomic mass is 10.1. The molecule has 0 unspecified atom stereocenters. The van der Waals surface area contributed by atoms with Crippen LogP contribution in [0.15, 0.2) is 57.5 Å². The molecule has 1 aromatic heterocycles. The minimum Gasteiger partial charge on any atom is -0.360 e. The van der Waals surface area contributed by atoms with Gasteiger partial charge >= 0.3 is 0 Å². The molecule has 0 radical (unpaired) electrons. The molecule has 0 saturated carbocycles. The van der Waals surface area contributed by atoms with Crippen LogP contribution in [0.3, 0.4) is 0 Å². The second-order valence-electron chi connectivity index (χ2n) is 6.72. The van der Waals surface area contributed by atoms with Gasteiger partial charge in [0.15, 0.2) is 6.54 Å². The van der Waals surface area contributed by atoms with E-state index in [2.05, 4.69) is 62.2 Å². The Balaban J connectivity index is 1.37. The number of anilines is 1. The SMILES string of the molecule is Cc1ccccc1N1CC[NH+](Cc2nc(-c3cccc(Br)c3)no2)CC1. The first-order valence-corrected chi connectivity index (χ1v) is 9.71. The summed E-state index contributed by atoms with van der Waals surface area (Å²) in [4.78, 5) is 8.53. The smallest absolute Gasteiger partial charge is 0.282 e. The number of nitrogens with zero attached hydrogens (tertiary/aromatic N) is 3. The van der Waals surface area contributed by atoms with Gasteiger partial charge in [-0.2, -0.15) is 4.98 Å². The van der Waals surface area contributed by atoms with Crippen molar-refractivity contribution in [3.05, 3.63) is 64.5 Å². The average molecular weight is 414 g/mol. The van der Waals surface area contributed by atoms with Crippen LogP contribution in [-0.4, -0.2) is 36.3 Å². The van der Waals surface area contributed by atoms with E-state index in [4.69, 9.17) is 4.52 Å². The molecule has 134 valence electrons. The van der Waals surface area contributed by atoms with Crippen LogP contribution in [0.4, 0.5) is 5.69 Å². The second kappa shape index (κ2) is 7.60. The zero-order valence-corrected chi connectivity index (χ0v) is 16.4. The molecule has 0 spiro atoms. The summed E-state index contributed by atoms with van der Waals surface area (Å²) in [5, 5.41) is 4.14. The van der Waals surface area contributed by atoms with Gasteiger partial charge in [-0.25, -0.2) is 0 Å². The van der Waals surface area contributed by atoms with Crippen LogP contribution in [0.2, 0.25) is 0 Å². The van der Waals surface area contributed by atoms with Crippen LogP contribution in [0, 0.1) is 6.92 Å². The monoisotopic (exact) mass is 413 g/mol. The molecule has 6 heteroatoms. The molecule has 2 aromatic carbocycles. The first kappa shape index (κ1) is 17.2. The predicted octanol–water partition coefficient (Wildman–Crippen LogP) is 2.71. The lowest BCUT2D eigenvalue weighted by Crippen LogP contribution is -3.13. The molecule has 5 nitrogen and oxygen atoms in total. The van der Waals surface area contributed by atoms with Crippen molar-refractivity contribution in [2.45, 2.75) is 13.5 Å². The summed E-state index contributed by atoms with van der Waals surface area (Å²) in [7, 11) is 0. The number of hydrogen-bond donors (Lipinski definition) is 1. The predicted molar refractivity (Wildman–Crippen MR) is 105 cm³/mol. The Hall–Kier alpha value is -2.18. The largest absolute Gasteiger partial charge is 0.360 e. The highest BCUT2D eigenvalue weighted by Crippen LogP contribution is 2.21. The quantitative estimate of drug-likeness (QED) is 0.714. The van der Waals surface area contributed by atoms with Gasteiger partial charge < -0.3 is 14.3 Å². The Bertz CT molecular complexity index is 887. The lowest BCUT2D eigenvalue weighted by molar-refractivity contribution is -0.915. The molecule has 4 rings (SSSR count). The third-order valence-electron chi connectivity index (χ3n) is 4.88. The number of nitrogens with one attached hydrogen (secondary N) is 1. The molecule has 1 fully saturated rings. The summed E-state index contributed by atoms with van der Waals surface area (Å²) in [5.41, 5.74) is 3.65. The third-order valence-corrected chi connectivity index (χ3v) is 5.37. The highest BCUT2D eigenvalue weighted by Gasteiger charge is 2.23. The molecule has 2 heterocycles. The Morgan fingerprint density at radius 1 is 1.12 bits per heavy atom. The zero-order valence-electron chi connectivity index (χ0n) is 14.8. The zero-order chi connectivity index (χ0) is 17.9. The van der Waals surface area contributed by atoms with Gasteiger partial charge in [0, 0.05) is 15.7 Å². The molecule has 0 atom stereocenters. The van der Waals surface area contributed by atoms with E-state index in [1.165, 1.54) is 16.2 Å². The maximum atomic E-state index is 5.48. The molecular formula is C20H22BrN4O+. The van der Waals surface area contributed by atoms with Gasteiger partial charge in [-0.1, -0.05) is 51.4 Å². The number of piperazine rings is 1. The maximum Gasteiger partial charge on any atom is 0.282 e. The number of benzene rings is 2. The molecule has 26 heavy (non-hydrogen) atoms. The minimum atomic E-state index is 0.652. The molecule has 0 aliphatic carbocycles. The lowest BCUT2D eigenvalue weighted by Gasteiger charge is -2.33. The molecule has 3 aromatic rings. The number of rotatable bonds is 4. The number of quaternary nitrogens is 1. The van der Waals surface area contributed by atoms with E-state index in [0.29, 0.717) is 11.7 Å². The molecule has 1 saturated heterocycles. The van der Waals surface area contributed by atoms with E-state index < -0.39 is 0 Å². The van der Waals surface area contributed by atoms with E-state index >= 15 is 0 Å². The van der Waals surface area contributed by atoms with Crippen molar-refractivity contribution in [1.29, 1.82) is 0 Å². The van der Waals surface area contributed by atoms with Crippen LogP contribution < -0.4 is 9.80 Å². The summed E-state index contributed by atoms with van der Waals surface area (Å²) in [5.74, 6) is 1.36.